The van der Waals surface area contributed by atoms with Gasteiger partial charge in [-0.2, -0.15) is 0 Å². The van der Waals surface area contributed by atoms with Crippen molar-refractivity contribution in [1.82, 2.24) is 5.32 Å². The van der Waals surface area contributed by atoms with E-state index in [4.69, 9.17) is 21.1 Å². The predicted molar refractivity (Wildman–Crippen MR) is 102 cm³/mol. The molecule has 0 saturated carbocycles. The molecule has 0 unspecified atom stereocenters. The summed E-state index contributed by atoms with van der Waals surface area (Å²) in [5, 5.41) is 3.86. The summed E-state index contributed by atoms with van der Waals surface area (Å²) in [6.45, 7) is 0. The second-order valence-electron chi connectivity index (χ2n) is 5.08. The van der Waals surface area contributed by atoms with Crippen LogP contribution in [0.3, 0.4) is 0 Å². The Hall–Kier alpha value is -2.44. The summed E-state index contributed by atoms with van der Waals surface area (Å²) < 4.78 is 10.5. The van der Waals surface area contributed by atoms with E-state index in [2.05, 4.69) is 10.3 Å². The van der Waals surface area contributed by atoms with E-state index in [0.717, 1.165) is 5.56 Å². The van der Waals surface area contributed by atoms with Crippen LogP contribution < -0.4 is 14.8 Å². The van der Waals surface area contributed by atoms with Crippen LogP contribution >= 0.6 is 23.4 Å². The minimum Gasteiger partial charge on any atom is -0.493 e. The first kappa shape index (κ1) is 17.4. The molecule has 1 aliphatic heterocycles. The molecule has 1 fully saturated rings. The Morgan fingerprint density at radius 3 is 2.64 bits per heavy atom. The van der Waals surface area contributed by atoms with Gasteiger partial charge >= 0.3 is 0 Å². The number of amides is 1. The Bertz CT molecular complexity index is 880. The maximum atomic E-state index is 12.2. The van der Waals surface area contributed by atoms with Crippen molar-refractivity contribution in [3.05, 3.63) is 58.0 Å². The van der Waals surface area contributed by atoms with Gasteiger partial charge in [0.15, 0.2) is 16.7 Å². The molecular formula is C18H15ClN2O3S. The Balaban J connectivity index is 1.84. The number of methoxy groups -OCH3 is 2. The molecule has 1 N–H and O–H groups in total. The van der Waals surface area contributed by atoms with Gasteiger partial charge < -0.3 is 14.8 Å². The standard InChI is InChI=1S/C18H15ClN2O3S/c1-23-14-7-6-11(8-15(14)24-2)9-16-17(22)21-18(25-16)20-13-5-3-4-12(19)10-13/h3-10H,1-2H3,(H,20,21,22)/b16-9+. The van der Waals surface area contributed by atoms with Crippen molar-refractivity contribution < 1.29 is 14.3 Å². The summed E-state index contributed by atoms with van der Waals surface area (Å²) in [5.74, 6) is 1.05. The molecule has 128 valence electrons. The third kappa shape index (κ3) is 4.15. The second-order valence-corrected chi connectivity index (χ2v) is 6.54. The number of aliphatic imine (C=N–C) groups is 1. The van der Waals surface area contributed by atoms with E-state index in [1.54, 1.807) is 38.5 Å². The van der Waals surface area contributed by atoms with Gasteiger partial charge in [0.1, 0.15) is 0 Å². The van der Waals surface area contributed by atoms with E-state index in [9.17, 15) is 4.79 Å². The summed E-state index contributed by atoms with van der Waals surface area (Å²) >= 11 is 7.22. The number of amidine groups is 1. The molecule has 0 bridgehead atoms. The number of nitrogens with one attached hydrogen (secondary N) is 1. The molecule has 0 atom stereocenters. The Labute approximate surface area is 154 Å². The third-order valence-corrected chi connectivity index (χ3v) is 4.54. The van der Waals surface area contributed by atoms with Crippen LogP contribution in [0.25, 0.3) is 6.08 Å². The number of ether oxygens (including phenoxy) is 2. The number of halogens is 1. The summed E-state index contributed by atoms with van der Waals surface area (Å²) in [5.41, 5.74) is 1.52. The van der Waals surface area contributed by atoms with Gasteiger partial charge in [-0.1, -0.05) is 23.7 Å². The molecule has 3 rings (SSSR count). The van der Waals surface area contributed by atoms with Gasteiger partial charge in [0.05, 0.1) is 24.8 Å². The molecule has 0 aromatic heterocycles. The average Bonchev–Trinajstić information content (AvgIpc) is 2.93. The molecule has 0 aliphatic carbocycles. The number of rotatable bonds is 4. The third-order valence-electron chi connectivity index (χ3n) is 3.40. The number of hydrogen-bond donors (Lipinski definition) is 1. The summed E-state index contributed by atoms with van der Waals surface area (Å²) in [6.07, 6.45) is 1.78. The highest BCUT2D eigenvalue weighted by molar-refractivity contribution is 8.18. The highest BCUT2D eigenvalue weighted by Gasteiger charge is 2.24. The van der Waals surface area contributed by atoms with Crippen molar-refractivity contribution >= 4 is 46.2 Å². The van der Waals surface area contributed by atoms with E-state index < -0.39 is 0 Å². The fourth-order valence-corrected chi connectivity index (χ4v) is 3.26. The zero-order chi connectivity index (χ0) is 17.8. The number of carbonyl (C=O) groups excluding carboxylic acids is 1. The molecule has 0 spiro atoms. The van der Waals surface area contributed by atoms with Gasteiger partial charge in [0.25, 0.3) is 5.91 Å². The van der Waals surface area contributed by atoms with Crippen LogP contribution in [0.5, 0.6) is 11.5 Å². The largest absolute Gasteiger partial charge is 0.493 e. The Morgan fingerprint density at radius 1 is 1.12 bits per heavy atom. The molecule has 7 heteroatoms. The topological polar surface area (TPSA) is 59.9 Å². The van der Waals surface area contributed by atoms with Crippen LogP contribution in [0.2, 0.25) is 5.02 Å². The van der Waals surface area contributed by atoms with Crippen LogP contribution in [0.15, 0.2) is 52.4 Å². The normalized spacial score (nSPS) is 17.0. The average molecular weight is 375 g/mol. The molecule has 2 aromatic rings. The van der Waals surface area contributed by atoms with Crippen LogP contribution in [0, 0.1) is 0 Å². The van der Waals surface area contributed by atoms with Gasteiger partial charge in [-0.05, 0) is 53.7 Å². The fraction of sp³-hybridized carbons (Fsp3) is 0.111. The van der Waals surface area contributed by atoms with E-state index in [-0.39, 0.29) is 5.91 Å². The number of benzene rings is 2. The first-order valence-electron chi connectivity index (χ1n) is 7.36. The Kier molecular flexibility index (Phi) is 5.31. The van der Waals surface area contributed by atoms with Gasteiger partial charge in [-0.15, -0.1) is 0 Å². The molecule has 2 aromatic carbocycles. The lowest BCUT2D eigenvalue weighted by atomic mass is 10.2. The molecule has 1 aliphatic rings. The van der Waals surface area contributed by atoms with E-state index in [0.29, 0.717) is 32.3 Å². The van der Waals surface area contributed by atoms with Crippen molar-refractivity contribution in [3.8, 4) is 11.5 Å². The molecular weight excluding hydrogens is 360 g/mol. The van der Waals surface area contributed by atoms with Crippen molar-refractivity contribution in [2.45, 2.75) is 0 Å². The van der Waals surface area contributed by atoms with Crippen molar-refractivity contribution in [1.29, 1.82) is 0 Å². The van der Waals surface area contributed by atoms with Gasteiger partial charge in [0, 0.05) is 5.02 Å². The van der Waals surface area contributed by atoms with Gasteiger partial charge in [-0.25, -0.2) is 4.99 Å². The second kappa shape index (κ2) is 7.63. The lowest BCUT2D eigenvalue weighted by molar-refractivity contribution is -0.115. The fourth-order valence-electron chi connectivity index (χ4n) is 2.24. The smallest absolute Gasteiger partial charge is 0.264 e. The van der Waals surface area contributed by atoms with E-state index >= 15 is 0 Å². The van der Waals surface area contributed by atoms with Crippen LogP contribution in [0.1, 0.15) is 5.56 Å². The van der Waals surface area contributed by atoms with Gasteiger partial charge in [-0.3, -0.25) is 4.79 Å². The number of nitrogens with zero attached hydrogens (tertiary/aromatic N) is 1. The first-order valence-corrected chi connectivity index (χ1v) is 8.55. The molecule has 1 saturated heterocycles. The molecule has 5 nitrogen and oxygen atoms in total. The number of thioether (sulfide) groups is 1. The Morgan fingerprint density at radius 2 is 1.92 bits per heavy atom. The van der Waals surface area contributed by atoms with Gasteiger partial charge in [0.2, 0.25) is 0 Å². The lowest BCUT2D eigenvalue weighted by Crippen LogP contribution is -2.19. The quantitative estimate of drug-likeness (QED) is 0.813. The minimum atomic E-state index is -0.194. The zero-order valence-corrected chi connectivity index (χ0v) is 15.1. The summed E-state index contributed by atoms with van der Waals surface area (Å²) in [4.78, 5) is 17.1. The summed E-state index contributed by atoms with van der Waals surface area (Å²) in [6, 6.07) is 12.6. The van der Waals surface area contributed by atoms with Crippen molar-refractivity contribution in [2.24, 2.45) is 4.99 Å². The minimum absolute atomic E-state index is 0.194. The van der Waals surface area contributed by atoms with E-state index in [1.165, 1.54) is 11.8 Å². The maximum absolute atomic E-state index is 12.2. The van der Waals surface area contributed by atoms with Crippen molar-refractivity contribution in [3.63, 3.8) is 0 Å². The SMILES string of the molecule is COc1ccc(/C=C2/SC(=Nc3cccc(Cl)c3)NC2=O)cc1OC. The monoisotopic (exact) mass is 374 g/mol. The molecule has 25 heavy (non-hydrogen) atoms. The molecule has 1 amide bonds. The number of carbonyl (C=O) groups is 1. The lowest BCUT2D eigenvalue weighted by Gasteiger charge is -2.07. The summed E-state index contributed by atoms with van der Waals surface area (Å²) in [7, 11) is 3.15. The van der Waals surface area contributed by atoms with Crippen LogP contribution in [-0.4, -0.2) is 25.3 Å². The first-order chi connectivity index (χ1) is 12.1. The van der Waals surface area contributed by atoms with Crippen LogP contribution in [0.4, 0.5) is 5.69 Å². The molecule has 0 radical (unpaired) electrons. The maximum Gasteiger partial charge on any atom is 0.264 e. The highest BCUT2D eigenvalue weighted by Crippen LogP contribution is 2.32. The highest BCUT2D eigenvalue weighted by atomic mass is 35.5. The zero-order valence-electron chi connectivity index (χ0n) is 13.6. The van der Waals surface area contributed by atoms with E-state index in [1.807, 2.05) is 24.3 Å². The number of hydrogen-bond acceptors (Lipinski definition) is 5. The van der Waals surface area contributed by atoms with Crippen LogP contribution in [-0.2, 0) is 4.79 Å². The van der Waals surface area contributed by atoms with Crippen molar-refractivity contribution in [2.75, 3.05) is 14.2 Å². The predicted octanol–water partition coefficient (Wildman–Crippen LogP) is 4.25. The molecule has 1 heterocycles.